The van der Waals surface area contributed by atoms with Crippen LogP contribution in [0.3, 0.4) is 0 Å². The fourth-order valence-electron chi connectivity index (χ4n) is 5.06. The van der Waals surface area contributed by atoms with Gasteiger partial charge in [0.1, 0.15) is 18.1 Å². The van der Waals surface area contributed by atoms with Gasteiger partial charge in [0.15, 0.2) is 5.78 Å². The van der Waals surface area contributed by atoms with E-state index in [9.17, 15) is 9.59 Å². The maximum atomic E-state index is 13.5. The summed E-state index contributed by atoms with van der Waals surface area (Å²) in [5.41, 5.74) is 4.19. The highest BCUT2D eigenvalue weighted by molar-refractivity contribution is 9.10. The molecule has 0 saturated heterocycles. The number of benzene rings is 2. The number of esters is 1. The Morgan fingerprint density at radius 3 is 2.58 bits per heavy atom. The Balaban J connectivity index is 1.80. The molecule has 0 fully saturated rings. The molecule has 190 valence electrons. The Morgan fingerprint density at radius 2 is 1.89 bits per heavy atom. The second-order valence-electron chi connectivity index (χ2n) is 9.94. The van der Waals surface area contributed by atoms with E-state index in [1.54, 1.807) is 14.0 Å². The number of nitrogens with one attached hydrogen (secondary N) is 1. The molecule has 0 amide bonds. The van der Waals surface area contributed by atoms with Crippen LogP contribution in [0.2, 0.25) is 0 Å². The molecule has 1 atom stereocenters. The number of halogens is 1. The Bertz CT molecular complexity index is 1260. The molecule has 1 heterocycles. The summed E-state index contributed by atoms with van der Waals surface area (Å²) in [7, 11) is 1.61. The number of allylic oxidation sites excluding steroid dienone is 3. The molecule has 4 rings (SSSR count). The molecule has 2 aromatic rings. The number of hydrogen-bond donors (Lipinski definition) is 1. The van der Waals surface area contributed by atoms with E-state index in [2.05, 4.69) is 35.1 Å². The van der Waals surface area contributed by atoms with Gasteiger partial charge in [0.2, 0.25) is 0 Å². The number of ether oxygens (including phenoxy) is 3. The number of rotatable bonds is 7. The molecule has 6 nitrogen and oxygen atoms in total. The van der Waals surface area contributed by atoms with Gasteiger partial charge in [-0.2, -0.15) is 0 Å². The van der Waals surface area contributed by atoms with E-state index in [0.717, 1.165) is 27.7 Å². The molecule has 2 aliphatic rings. The summed E-state index contributed by atoms with van der Waals surface area (Å²) < 4.78 is 18.0. The molecular formula is C29H32BrNO5. The lowest BCUT2D eigenvalue weighted by atomic mass is 9.68. The maximum absolute atomic E-state index is 13.5. The highest BCUT2D eigenvalue weighted by Gasteiger charge is 2.43. The van der Waals surface area contributed by atoms with Gasteiger partial charge in [-0.25, -0.2) is 4.79 Å². The molecule has 0 aromatic heterocycles. The zero-order chi connectivity index (χ0) is 26.0. The summed E-state index contributed by atoms with van der Waals surface area (Å²) in [5.74, 6) is 0.485. The van der Waals surface area contributed by atoms with Crippen molar-refractivity contribution < 1.29 is 23.8 Å². The Morgan fingerprint density at radius 1 is 1.14 bits per heavy atom. The van der Waals surface area contributed by atoms with Crippen LogP contribution in [-0.4, -0.2) is 25.5 Å². The minimum absolute atomic E-state index is 0.0508. The highest BCUT2D eigenvalue weighted by atomic mass is 79.9. The van der Waals surface area contributed by atoms with E-state index in [4.69, 9.17) is 14.2 Å². The SMILES string of the molecule is CCOC(=O)C1=C(C)NC2=C(C(=O)CC(C)(C)C2)C1c1ccc(OC)c(COc2ccccc2Br)c1. The smallest absolute Gasteiger partial charge is 0.336 e. The first kappa shape index (κ1) is 26.0. The van der Waals surface area contributed by atoms with Gasteiger partial charge in [0.25, 0.3) is 0 Å². The lowest BCUT2D eigenvalue weighted by Gasteiger charge is -2.39. The topological polar surface area (TPSA) is 73.9 Å². The van der Waals surface area contributed by atoms with Gasteiger partial charge in [0.05, 0.1) is 23.8 Å². The van der Waals surface area contributed by atoms with E-state index in [1.165, 1.54) is 0 Å². The van der Waals surface area contributed by atoms with Crippen LogP contribution < -0.4 is 14.8 Å². The Hall–Kier alpha value is -3.06. The predicted molar refractivity (Wildman–Crippen MR) is 142 cm³/mol. The quantitative estimate of drug-likeness (QED) is 0.411. The molecular weight excluding hydrogens is 522 g/mol. The van der Waals surface area contributed by atoms with Crippen LogP contribution in [0.1, 0.15) is 57.6 Å². The van der Waals surface area contributed by atoms with Crippen molar-refractivity contribution in [2.24, 2.45) is 5.41 Å². The van der Waals surface area contributed by atoms with Crippen LogP contribution in [0.15, 0.2) is 69.5 Å². The van der Waals surface area contributed by atoms with Gasteiger partial charge >= 0.3 is 5.97 Å². The molecule has 36 heavy (non-hydrogen) atoms. The number of ketones is 1. The van der Waals surface area contributed by atoms with Crippen LogP contribution in [0.25, 0.3) is 0 Å². The van der Waals surface area contributed by atoms with Gasteiger partial charge in [-0.3, -0.25) is 4.79 Å². The minimum Gasteiger partial charge on any atom is -0.496 e. The summed E-state index contributed by atoms with van der Waals surface area (Å²) >= 11 is 3.52. The van der Waals surface area contributed by atoms with Crippen molar-refractivity contribution in [1.82, 2.24) is 5.32 Å². The normalized spacial score (nSPS) is 18.9. The number of dihydropyridines is 1. The molecule has 1 aliphatic heterocycles. The van der Waals surface area contributed by atoms with E-state index < -0.39 is 11.9 Å². The second kappa shape index (κ2) is 10.5. The average molecular weight is 554 g/mol. The molecule has 1 aliphatic carbocycles. The number of carbonyl (C=O) groups excluding carboxylic acids is 2. The lowest BCUT2D eigenvalue weighted by molar-refractivity contribution is -0.138. The Labute approximate surface area is 220 Å². The fraction of sp³-hybridized carbons (Fsp3) is 0.379. The molecule has 7 heteroatoms. The van der Waals surface area contributed by atoms with Crippen molar-refractivity contribution in [1.29, 1.82) is 0 Å². The minimum atomic E-state index is -0.531. The first-order valence-corrected chi connectivity index (χ1v) is 12.9. The second-order valence-corrected chi connectivity index (χ2v) is 10.8. The van der Waals surface area contributed by atoms with Gasteiger partial charge in [-0.1, -0.05) is 32.0 Å². The van der Waals surface area contributed by atoms with Crippen molar-refractivity contribution in [2.45, 2.75) is 53.1 Å². The first-order chi connectivity index (χ1) is 17.1. The molecule has 0 bridgehead atoms. The van der Waals surface area contributed by atoms with Gasteiger partial charge in [-0.15, -0.1) is 0 Å². The largest absolute Gasteiger partial charge is 0.496 e. The monoisotopic (exact) mass is 553 g/mol. The number of para-hydroxylation sites is 1. The van der Waals surface area contributed by atoms with E-state index in [0.29, 0.717) is 34.8 Å². The van der Waals surface area contributed by atoms with Crippen molar-refractivity contribution in [2.75, 3.05) is 13.7 Å². The maximum Gasteiger partial charge on any atom is 0.336 e. The molecule has 1 N–H and O–H groups in total. The summed E-state index contributed by atoms with van der Waals surface area (Å²) in [6, 6.07) is 13.4. The van der Waals surface area contributed by atoms with Gasteiger partial charge in [-0.05, 0) is 71.4 Å². The molecule has 1 unspecified atom stereocenters. The lowest BCUT2D eigenvalue weighted by Crippen LogP contribution is -2.38. The summed E-state index contributed by atoms with van der Waals surface area (Å²) in [6.45, 7) is 8.35. The Kier molecular flexibility index (Phi) is 7.59. The van der Waals surface area contributed by atoms with Crippen LogP contribution in [0.5, 0.6) is 11.5 Å². The summed E-state index contributed by atoms with van der Waals surface area (Å²) in [6.07, 6.45) is 1.15. The average Bonchev–Trinajstić information content (AvgIpc) is 2.81. The van der Waals surface area contributed by atoms with Crippen molar-refractivity contribution >= 4 is 27.7 Å². The highest BCUT2D eigenvalue weighted by Crippen LogP contribution is 2.47. The number of methoxy groups -OCH3 is 1. The third-order valence-corrected chi connectivity index (χ3v) is 7.25. The van der Waals surface area contributed by atoms with Crippen LogP contribution in [0, 0.1) is 5.41 Å². The molecule has 0 saturated carbocycles. The zero-order valence-corrected chi connectivity index (χ0v) is 23.0. The number of hydrogen-bond acceptors (Lipinski definition) is 6. The predicted octanol–water partition coefficient (Wildman–Crippen LogP) is 6.20. The van der Waals surface area contributed by atoms with Crippen molar-refractivity contribution in [3.05, 3.63) is 80.6 Å². The van der Waals surface area contributed by atoms with E-state index in [1.807, 2.05) is 49.4 Å². The van der Waals surface area contributed by atoms with Gasteiger partial charge in [0, 0.05) is 34.9 Å². The molecule has 2 aromatic carbocycles. The van der Waals surface area contributed by atoms with E-state index in [-0.39, 0.29) is 24.4 Å². The summed E-state index contributed by atoms with van der Waals surface area (Å²) in [4.78, 5) is 26.6. The van der Waals surface area contributed by atoms with Crippen LogP contribution in [0.4, 0.5) is 0 Å². The standard InChI is InChI=1S/C29H32BrNO5/c1-6-35-28(33)25-17(2)31-21-14-29(3,4)15-22(32)27(21)26(25)18-11-12-23(34-5)19(13-18)16-36-24-10-8-7-9-20(24)30/h7-13,26,31H,6,14-16H2,1-5H3. The number of Topliss-reactive ketones (excluding diaryl/α,β-unsaturated/α-hetero) is 1. The zero-order valence-electron chi connectivity index (χ0n) is 21.4. The van der Waals surface area contributed by atoms with Crippen LogP contribution in [-0.2, 0) is 20.9 Å². The molecule has 0 spiro atoms. The third kappa shape index (κ3) is 5.21. The van der Waals surface area contributed by atoms with Gasteiger partial charge < -0.3 is 19.5 Å². The van der Waals surface area contributed by atoms with E-state index >= 15 is 0 Å². The third-order valence-electron chi connectivity index (χ3n) is 6.59. The first-order valence-electron chi connectivity index (χ1n) is 12.1. The van der Waals surface area contributed by atoms with Crippen molar-refractivity contribution in [3.63, 3.8) is 0 Å². The van der Waals surface area contributed by atoms with Crippen LogP contribution >= 0.6 is 15.9 Å². The molecule has 0 radical (unpaired) electrons. The fourth-order valence-corrected chi connectivity index (χ4v) is 5.46. The van der Waals surface area contributed by atoms with Crippen molar-refractivity contribution in [3.8, 4) is 11.5 Å². The summed E-state index contributed by atoms with van der Waals surface area (Å²) in [5, 5.41) is 3.37. The number of carbonyl (C=O) groups is 2.